The number of nitrogens with two attached hydrogens (primary N) is 1. The number of carbonyl (C=O) groups is 1. The highest BCUT2D eigenvalue weighted by atomic mass is 79.9. The minimum atomic E-state index is -0.182. The van der Waals surface area contributed by atoms with E-state index in [1.54, 1.807) is 12.1 Å². The highest BCUT2D eigenvalue weighted by Gasteiger charge is 2.11. The average Bonchev–Trinajstić information content (AvgIpc) is 2.43. The van der Waals surface area contributed by atoms with Crippen molar-refractivity contribution in [3.05, 3.63) is 52.0 Å². The van der Waals surface area contributed by atoms with Gasteiger partial charge in [0.05, 0.1) is 17.1 Å². The maximum Gasteiger partial charge on any atom is 0.255 e. The second kappa shape index (κ2) is 6.18. The van der Waals surface area contributed by atoms with Crippen LogP contribution in [0.4, 0.5) is 17.1 Å². The van der Waals surface area contributed by atoms with Crippen LogP contribution in [-0.2, 0) is 0 Å². The molecule has 0 radical (unpaired) electrons. The number of hydrogen-bond acceptors (Lipinski definition) is 3. The molecule has 0 spiro atoms. The molecule has 4 nitrogen and oxygen atoms in total. The quantitative estimate of drug-likeness (QED) is 0.833. The van der Waals surface area contributed by atoms with Gasteiger partial charge < -0.3 is 16.0 Å². The van der Waals surface area contributed by atoms with E-state index in [4.69, 9.17) is 5.73 Å². The summed E-state index contributed by atoms with van der Waals surface area (Å²) < 4.78 is 0.885. The fraction of sp³-hybridized carbons (Fsp3) is 0.188. The summed E-state index contributed by atoms with van der Waals surface area (Å²) in [5, 5.41) is 2.89. The van der Waals surface area contributed by atoms with Crippen molar-refractivity contribution in [2.24, 2.45) is 0 Å². The van der Waals surface area contributed by atoms with Crippen molar-refractivity contribution >= 4 is 38.9 Å². The molecule has 0 fully saturated rings. The molecule has 3 N–H and O–H groups in total. The zero-order valence-corrected chi connectivity index (χ0v) is 13.9. The SMILES string of the molecule is Cc1cccc(NC(=O)c2ccc(N(C)C)c(N)c2)c1Br. The van der Waals surface area contributed by atoms with Crippen molar-refractivity contribution in [3.63, 3.8) is 0 Å². The Bertz CT molecular complexity index is 683. The first-order valence-electron chi connectivity index (χ1n) is 6.53. The van der Waals surface area contributed by atoms with Crippen molar-refractivity contribution in [1.82, 2.24) is 0 Å². The second-order valence-electron chi connectivity index (χ2n) is 5.06. The van der Waals surface area contributed by atoms with E-state index in [-0.39, 0.29) is 5.91 Å². The van der Waals surface area contributed by atoms with E-state index < -0.39 is 0 Å². The number of halogens is 1. The molecular formula is C16H18BrN3O. The predicted molar refractivity (Wildman–Crippen MR) is 92.0 cm³/mol. The summed E-state index contributed by atoms with van der Waals surface area (Å²) in [7, 11) is 3.82. The molecule has 0 unspecified atom stereocenters. The smallest absolute Gasteiger partial charge is 0.255 e. The summed E-state index contributed by atoms with van der Waals surface area (Å²) >= 11 is 3.48. The minimum Gasteiger partial charge on any atom is -0.397 e. The molecule has 0 heterocycles. The topological polar surface area (TPSA) is 58.4 Å². The number of rotatable bonds is 3. The van der Waals surface area contributed by atoms with Gasteiger partial charge in [-0.3, -0.25) is 4.79 Å². The summed E-state index contributed by atoms with van der Waals surface area (Å²) in [6.45, 7) is 1.98. The molecule has 21 heavy (non-hydrogen) atoms. The molecule has 0 aliphatic heterocycles. The van der Waals surface area contributed by atoms with Crippen LogP contribution in [0.5, 0.6) is 0 Å². The summed E-state index contributed by atoms with van der Waals surface area (Å²) in [5.74, 6) is -0.182. The van der Waals surface area contributed by atoms with Crippen LogP contribution >= 0.6 is 15.9 Å². The van der Waals surface area contributed by atoms with Gasteiger partial charge in [0.25, 0.3) is 5.91 Å². The van der Waals surface area contributed by atoms with E-state index in [9.17, 15) is 4.79 Å². The van der Waals surface area contributed by atoms with Gasteiger partial charge in [0, 0.05) is 24.1 Å². The number of nitrogen functional groups attached to an aromatic ring is 1. The lowest BCUT2D eigenvalue weighted by molar-refractivity contribution is 0.102. The van der Waals surface area contributed by atoms with E-state index in [1.807, 2.05) is 50.2 Å². The standard InChI is InChI=1S/C16H18BrN3O/c1-10-5-4-6-13(15(10)17)19-16(21)11-7-8-14(20(2)3)12(18)9-11/h4-9H,18H2,1-3H3,(H,19,21). The average molecular weight is 348 g/mol. The lowest BCUT2D eigenvalue weighted by atomic mass is 10.1. The first-order chi connectivity index (χ1) is 9.90. The molecule has 2 aromatic carbocycles. The first kappa shape index (κ1) is 15.4. The van der Waals surface area contributed by atoms with Gasteiger partial charge in [-0.05, 0) is 52.7 Å². The molecule has 0 aromatic heterocycles. The number of hydrogen-bond donors (Lipinski definition) is 2. The van der Waals surface area contributed by atoms with Gasteiger partial charge >= 0.3 is 0 Å². The second-order valence-corrected chi connectivity index (χ2v) is 5.85. The highest BCUT2D eigenvalue weighted by molar-refractivity contribution is 9.10. The Morgan fingerprint density at radius 1 is 1.24 bits per heavy atom. The Labute approximate surface area is 133 Å². The van der Waals surface area contributed by atoms with Gasteiger partial charge in [-0.2, -0.15) is 0 Å². The Kier molecular flexibility index (Phi) is 4.53. The van der Waals surface area contributed by atoms with Crippen molar-refractivity contribution in [1.29, 1.82) is 0 Å². The van der Waals surface area contributed by atoms with Crippen LogP contribution in [0.25, 0.3) is 0 Å². The van der Waals surface area contributed by atoms with Gasteiger partial charge in [-0.15, -0.1) is 0 Å². The van der Waals surface area contributed by atoms with E-state index in [0.29, 0.717) is 11.3 Å². The van der Waals surface area contributed by atoms with E-state index in [1.165, 1.54) is 0 Å². The molecule has 2 rings (SSSR count). The van der Waals surface area contributed by atoms with Crippen molar-refractivity contribution in [3.8, 4) is 0 Å². The van der Waals surface area contributed by atoms with E-state index >= 15 is 0 Å². The zero-order valence-electron chi connectivity index (χ0n) is 12.3. The molecule has 5 heteroatoms. The number of benzene rings is 2. The summed E-state index contributed by atoms with van der Waals surface area (Å²) in [6.07, 6.45) is 0. The van der Waals surface area contributed by atoms with Crippen LogP contribution in [0.15, 0.2) is 40.9 Å². The Morgan fingerprint density at radius 2 is 1.95 bits per heavy atom. The number of nitrogens with zero attached hydrogens (tertiary/aromatic N) is 1. The molecule has 0 atom stereocenters. The van der Waals surface area contributed by atoms with Gasteiger partial charge in [-0.25, -0.2) is 0 Å². The van der Waals surface area contributed by atoms with Crippen LogP contribution in [0.1, 0.15) is 15.9 Å². The van der Waals surface area contributed by atoms with Gasteiger partial charge in [0.1, 0.15) is 0 Å². The number of amides is 1. The summed E-state index contributed by atoms with van der Waals surface area (Å²) in [4.78, 5) is 14.2. The minimum absolute atomic E-state index is 0.182. The first-order valence-corrected chi connectivity index (χ1v) is 7.32. The zero-order chi connectivity index (χ0) is 15.6. The Hall–Kier alpha value is -2.01. The monoisotopic (exact) mass is 347 g/mol. The maximum absolute atomic E-state index is 12.3. The van der Waals surface area contributed by atoms with Gasteiger partial charge in [0.2, 0.25) is 0 Å². The Morgan fingerprint density at radius 3 is 2.57 bits per heavy atom. The van der Waals surface area contributed by atoms with Gasteiger partial charge in [0.15, 0.2) is 0 Å². The van der Waals surface area contributed by atoms with E-state index in [2.05, 4.69) is 21.2 Å². The fourth-order valence-corrected chi connectivity index (χ4v) is 2.40. The molecule has 0 aliphatic rings. The fourth-order valence-electron chi connectivity index (χ4n) is 2.04. The number of carbonyl (C=O) groups excluding carboxylic acids is 1. The van der Waals surface area contributed by atoms with Crippen molar-refractivity contribution < 1.29 is 4.79 Å². The summed E-state index contributed by atoms with van der Waals surface area (Å²) in [6, 6.07) is 11.0. The largest absolute Gasteiger partial charge is 0.397 e. The molecule has 110 valence electrons. The van der Waals surface area contributed by atoms with Crippen LogP contribution in [-0.4, -0.2) is 20.0 Å². The molecule has 0 saturated heterocycles. The van der Waals surface area contributed by atoms with Gasteiger partial charge in [-0.1, -0.05) is 12.1 Å². The highest BCUT2D eigenvalue weighted by Crippen LogP contribution is 2.27. The third kappa shape index (κ3) is 3.36. The van der Waals surface area contributed by atoms with Crippen molar-refractivity contribution in [2.75, 3.05) is 30.0 Å². The lowest BCUT2D eigenvalue weighted by Gasteiger charge is -2.16. The maximum atomic E-state index is 12.3. The van der Waals surface area contributed by atoms with E-state index in [0.717, 1.165) is 21.4 Å². The Balaban J connectivity index is 2.25. The molecule has 0 saturated carbocycles. The number of nitrogens with one attached hydrogen (secondary N) is 1. The van der Waals surface area contributed by atoms with Crippen molar-refractivity contribution in [2.45, 2.75) is 6.92 Å². The molecule has 1 amide bonds. The third-order valence-corrected chi connectivity index (χ3v) is 4.26. The van der Waals surface area contributed by atoms with Crippen LogP contribution in [0.2, 0.25) is 0 Å². The predicted octanol–water partition coefficient (Wildman–Crippen LogP) is 3.66. The van der Waals surface area contributed by atoms with Crippen LogP contribution < -0.4 is 16.0 Å². The third-order valence-electron chi connectivity index (χ3n) is 3.21. The molecular weight excluding hydrogens is 330 g/mol. The van der Waals surface area contributed by atoms with Crippen LogP contribution in [0.3, 0.4) is 0 Å². The number of aryl methyl sites for hydroxylation is 1. The molecule has 0 bridgehead atoms. The lowest BCUT2D eigenvalue weighted by Crippen LogP contribution is -2.15. The normalized spacial score (nSPS) is 10.3. The molecule has 2 aromatic rings. The molecule has 0 aliphatic carbocycles. The van der Waals surface area contributed by atoms with Crippen LogP contribution in [0, 0.1) is 6.92 Å². The number of anilines is 3. The summed E-state index contributed by atoms with van der Waals surface area (Å²) in [5.41, 5.74) is 9.79.